The maximum Gasteiger partial charge on any atom is 0.419 e. The summed E-state index contributed by atoms with van der Waals surface area (Å²) in [4.78, 5) is 11.1. The number of aromatic nitrogens is 1. The second-order valence-corrected chi connectivity index (χ2v) is 3.50. The molecule has 13 heavy (non-hydrogen) atoms. The summed E-state index contributed by atoms with van der Waals surface area (Å²) in [6.07, 6.45) is 0. The van der Waals surface area contributed by atoms with E-state index in [9.17, 15) is 4.79 Å². The number of nitrogens with zero attached hydrogens (tertiary/aromatic N) is 1. The Balaban J connectivity index is 3.03. The summed E-state index contributed by atoms with van der Waals surface area (Å²) in [5, 5.41) is 0.864. The van der Waals surface area contributed by atoms with Crippen molar-refractivity contribution in [1.29, 1.82) is 0 Å². The van der Waals surface area contributed by atoms with E-state index in [0.717, 1.165) is 0 Å². The van der Waals surface area contributed by atoms with E-state index < -0.39 is 5.76 Å². The molecule has 1 heterocycles. The molecule has 0 spiro atoms. The highest BCUT2D eigenvalue weighted by Gasteiger charge is 2.10. The number of oxazole rings is 1. The van der Waals surface area contributed by atoms with Gasteiger partial charge in [0.2, 0.25) is 0 Å². The largest absolute Gasteiger partial charge is 0.419 e. The van der Waals surface area contributed by atoms with Crippen LogP contribution in [0.25, 0.3) is 11.1 Å². The second kappa shape index (κ2) is 2.79. The van der Waals surface area contributed by atoms with Crippen molar-refractivity contribution in [1.82, 2.24) is 4.57 Å². The van der Waals surface area contributed by atoms with Crippen molar-refractivity contribution in [3.63, 3.8) is 0 Å². The smallest absolute Gasteiger partial charge is 0.408 e. The highest BCUT2D eigenvalue weighted by molar-refractivity contribution is 6.38. The lowest BCUT2D eigenvalue weighted by atomic mass is 10.3. The van der Waals surface area contributed by atoms with Gasteiger partial charge < -0.3 is 4.42 Å². The third-order valence-corrected chi connectivity index (χ3v) is 2.31. The van der Waals surface area contributed by atoms with Gasteiger partial charge in [-0.3, -0.25) is 4.57 Å². The number of rotatable bonds is 0. The molecule has 0 amide bonds. The Morgan fingerprint density at radius 3 is 2.77 bits per heavy atom. The molecule has 68 valence electrons. The summed E-state index contributed by atoms with van der Waals surface area (Å²) < 4.78 is 6.24. The molecule has 3 nitrogen and oxygen atoms in total. The average molecular weight is 218 g/mol. The molecule has 2 aromatic rings. The molecule has 0 unspecified atom stereocenters. The zero-order valence-corrected chi connectivity index (χ0v) is 8.19. The maximum absolute atomic E-state index is 11.1. The highest BCUT2D eigenvalue weighted by Crippen LogP contribution is 2.26. The van der Waals surface area contributed by atoms with E-state index in [1.54, 1.807) is 19.2 Å². The fraction of sp³-hybridized carbons (Fsp3) is 0.125. The van der Waals surface area contributed by atoms with E-state index in [1.807, 2.05) is 0 Å². The van der Waals surface area contributed by atoms with Gasteiger partial charge in [0.05, 0.1) is 5.02 Å². The molecule has 0 aliphatic heterocycles. The van der Waals surface area contributed by atoms with Gasteiger partial charge in [0.25, 0.3) is 0 Å². The van der Waals surface area contributed by atoms with E-state index in [-0.39, 0.29) is 0 Å². The molecule has 0 N–H and O–H groups in total. The van der Waals surface area contributed by atoms with Gasteiger partial charge in [-0.25, -0.2) is 4.79 Å². The Hall–Kier alpha value is -0.930. The van der Waals surface area contributed by atoms with E-state index in [2.05, 4.69) is 0 Å². The molecule has 1 aromatic heterocycles. The minimum atomic E-state index is -0.445. The predicted molar refractivity (Wildman–Crippen MR) is 51.5 cm³/mol. The van der Waals surface area contributed by atoms with Crippen LogP contribution in [-0.4, -0.2) is 4.57 Å². The number of fused-ring (bicyclic) bond motifs is 1. The molecular weight excluding hydrogens is 213 g/mol. The molecule has 0 fully saturated rings. The number of halogens is 2. The zero-order chi connectivity index (χ0) is 9.59. The molecule has 0 aliphatic carbocycles. The Kier molecular flexibility index (Phi) is 1.86. The van der Waals surface area contributed by atoms with Crippen molar-refractivity contribution in [2.75, 3.05) is 0 Å². The van der Waals surface area contributed by atoms with Gasteiger partial charge >= 0.3 is 5.76 Å². The maximum atomic E-state index is 11.1. The molecular formula is C8H5Cl2NO2. The van der Waals surface area contributed by atoms with Crippen molar-refractivity contribution in [3.8, 4) is 0 Å². The topological polar surface area (TPSA) is 35.1 Å². The first-order valence-corrected chi connectivity index (χ1v) is 4.30. The summed E-state index contributed by atoms with van der Waals surface area (Å²) in [6, 6.07) is 3.13. The van der Waals surface area contributed by atoms with Crippen LogP contribution in [0.3, 0.4) is 0 Å². The average Bonchev–Trinajstić information content (AvgIpc) is 2.27. The molecule has 0 aliphatic rings. The summed E-state index contributed by atoms with van der Waals surface area (Å²) >= 11 is 11.6. The van der Waals surface area contributed by atoms with Crippen LogP contribution in [0.4, 0.5) is 0 Å². The number of benzene rings is 1. The molecule has 0 saturated carbocycles. The van der Waals surface area contributed by atoms with Crippen LogP contribution in [0, 0.1) is 0 Å². The fourth-order valence-electron chi connectivity index (χ4n) is 1.20. The van der Waals surface area contributed by atoms with Gasteiger partial charge in [-0.1, -0.05) is 23.2 Å². The van der Waals surface area contributed by atoms with Crippen molar-refractivity contribution < 1.29 is 4.42 Å². The summed E-state index contributed by atoms with van der Waals surface area (Å²) in [7, 11) is 1.59. The minimum Gasteiger partial charge on any atom is -0.408 e. The summed E-state index contributed by atoms with van der Waals surface area (Å²) in [5.41, 5.74) is 0.973. The molecule has 2 rings (SSSR count). The molecule has 0 saturated heterocycles. The SMILES string of the molecule is Cn1c(=O)oc2cc(Cl)cc(Cl)c21. The number of hydrogen-bond donors (Lipinski definition) is 0. The molecule has 1 aromatic carbocycles. The zero-order valence-electron chi connectivity index (χ0n) is 6.67. The number of aryl methyl sites for hydroxylation is 1. The van der Waals surface area contributed by atoms with Crippen LogP contribution < -0.4 is 5.76 Å². The lowest BCUT2D eigenvalue weighted by Gasteiger charge is -1.95. The predicted octanol–water partition coefficient (Wildman–Crippen LogP) is 2.44. The van der Waals surface area contributed by atoms with Crippen LogP contribution in [0.2, 0.25) is 10.0 Å². The standard InChI is InChI=1S/C8H5Cl2NO2/c1-11-7-5(10)2-4(9)3-6(7)13-8(11)12/h2-3H,1H3. The van der Waals surface area contributed by atoms with E-state index in [4.69, 9.17) is 27.6 Å². The second-order valence-electron chi connectivity index (χ2n) is 2.66. The molecule has 0 radical (unpaired) electrons. The third kappa shape index (κ3) is 1.24. The van der Waals surface area contributed by atoms with Crippen molar-refractivity contribution >= 4 is 34.3 Å². The fourth-order valence-corrected chi connectivity index (χ4v) is 1.80. The summed E-state index contributed by atoms with van der Waals surface area (Å²) in [5.74, 6) is -0.445. The van der Waals surface area contributed by atoms with E-state index in [0.29, 0.717) is 21.1 Å². The van der Waals surface area contributed by atoms with E-state index in [1.165, 1.54) is 4.57 Å². The quantitative estimate of drug-likeness (QED) is 0.680. The van der Waals surface area contributed by atoms with Crippen molar-refractivity contribution in [2.45, 2.75) is 0 Å². The first kappa shape index (κ1) is 8.66. The lowest BCUT2D eigenvalue weighted by Crippen LogP contribution is -2.08. The van der Waals surface area contributed by atoms with Gasteiger partial charge in [0, 0.05) is 18.1 Å². The van der Waals surface area contributed by atoms with Crippen LogP contribution in [0.5, 0.6) is 0 Å². The monoisotopic (exact) mass is 217 g/mol. The van der Waals surface area contributed by atoms with Gasteiger partial charge in [-0.2, -0.15) is 0 Å². The Morgan fingerprint density at radius 2 is 2.08 bits per heavy atom. The van der Waals surface area contributed by atoms with E-state index >= 15 is 0 Å². The van der Waals surface area contributed by atoms with Gasteiger partial charge in [0.15, 0.2) is 5.58 Å². The number of hydrogen-bond acceptors (Lipinski definition) is 2. The Bertz CT molecular complexity index is 527. The van der Waals surface area contributed by atoms with Crippen LogP contribution in [-0.2, 0) is 7.05 Å². The van der Waals surface area contributed by atoms with Crippen LogP contribution >= 0.6 is 23.2 Å². The van der Waals surface area contributed by atoms with Gasteiger partial charge in [0.1, 0.15) is 5.52 Å². The first-order chi connectivity index (χ1) is 6.09. The highest BCUT2D eigenvalue weighted by atomic mass is 35.5. The summed E-state index contributed by atoms with van der Waals surface area (Å²) in [6.45, 7) is 0. The molecule has 0 atom stereocenters. The lowest BCUT2D eigenvalue weighted by molar-refractivity contribution is 0.528. The third-order valence-electron chi connectivity index (χ3n) is 1.80. The molecule has 0 bridgehead atoms. The minimum absolute atomic E-state index is 0.407. The van der Waals surface area contributed by atoms with Crippen molar-refractivity contribution in [3.05, 3.63) is 32.7 Å². The molecule has 5 heteroatoms. The van der Waals surface area contributed by atoms with Crippen LogP contribution in [0.15, 0.2) is 21.3 Å². The van der Waals surface area contributed by atoms with Crippen LogP contribution in [0.1, 0.15) is 0 Å². The van der Waals surface area contributed by atoms with Gasteiger partial charge in [-0.15, -0.1) is 0 Å². The normalized spacial score (nSPS) is 11.0. The first-order valence-electron chi connectivity index (χ1n) is 3.54. The van der Waals surface area contributed by atoms with Gasteiger partial charge in [-0.05, 0) is 6.07 Å². The van der Waals surface area contributed by atoms with Crippen molar-refractivity contribution in [2.24, 2.45) is 7.05 Å². The Morgan fingerprint density at radius 1 is 1.38 bits per heavy atom. The Labute approximate surface area is 83.5 Å².